The number of alkyl halides is 3. The summed E-state index contributed by atoms with van der Waals surface area (Å²) >= 11 is 0. The predicted molar refractivity (Wildman–Crippen MR) is 101 cm³/mol. The van der Waals surface area contributed by atoms with Gasteiger partial charge in [-0.2, -0.15) is 17.5 Å². The number of halogens is 3. The van der Waals surface area contributed by atoms with E-state index in [0.717, 1.165) is 49.2 Å². The average molecular weight is 462 g/mol. The van der Waals surface area contributed by atoms with E-state index in [1.165, 1.54) is 4.31 Å². The maximum Gasteiger partial charge on any atom is 0.416 e. The number of nitrogens with one attached hydrogen (secondary N) is 1. The van der Waals surface area contributed by atoms with Crippen LogP contribution in [0.5, 0.6) is 0 Å². The minimum absolute atomic E-state index is 0.0718. The number of carbonyl (C=O) groups excluding carboxylic acids is 1. The van der Waals surface area contributed by atoms with Crippen molar-refractivity contribution in [3.05, 3.63) is 59.7 Å². The molecule has 2 aromatic rings. The van der Waals surface area contributed by atoms with E-state index in [4.69, 9.17) is 0 Å². The van der Waals surface area contributed by atoms with Crippen LogP contribution in [0.2, 0.25) is 0 Å². The second-order valence-electron chi connectivity index (χ2n) is 6.59. The molecule has 1 saturated heterocycles. The molecule has 0 atom stereocenters. The van der Waals surface area contributed by atoms with Gasteiger partial charge in [-0.3, -0.25) is 4.79 Å². The fourth-order valence-corrected chi connectivity index (χ4v) is 5.41. The van der Waals surface area contributed by atoms with Gasteiger partial charge in [0.1, 0.15) is 0 Å². The SMILES string of the molecule is O=C(NS(=O)(=O)c1ccc(S(=O)(=O)N2CCCC2)cc1)c1ccc(C(F)(F)F)cc1. The van der Waals surface area contributed by atoms with Crippen molar-refractivity contribution in [2.75, 3.05) is 13.1 Å². The molecule has 0 radical (unpaired) electrons. The zero-order valence-electron chi connectivity index (χ0n) is 15.4. The molecule has 0 spiro atoms. The molecule has 1 aliphatic heterocycles. The summed E-state index contributed by atoms with van der Waals surface area (Å²) in [4.78, 5) is 11.7. The van der Waals surface area contributed by atoms with Gasteiger partial charge in [0, 0.05) is 18.7 Å². The quantitative estimate of drug-likeness (QED) is 0.736. The summed E-state index contributed by atoms with van der Waals surface area (Å²) in [5.41, 5.74) is -1.25. The second-order valence-corrected chi connectivity index (χ2v) is 10.2. The van der Waals surface area contributed by atoms with Crippen LogP contribution >= 0.6 is 0 Å². The molecule has 1 heterocycles. The summed E-state index contributed by atoms with van der Waals surface area (Å²) in [5.74, 6) is -1.11. The largest absolute Gasteiger partial charge is 0.416 e. The lowest BCUT2D eigenvalue weighted by Crippen LogP contribution is -2.31. The maximum absolute atomic E-state index is 12.6. The zero-order valence-corrected chi connectivity index (χ0v) is 17.0. The molecule has 7 nitrogen and oxygen atoms in total. The molecule has 0 aliphatic carbocycles. The molecule has 1 fully saturated rings. The van der Waals surface area contributed by atoms with Gasteiger partial charge in [0.2, 0.25) is 10.0 Å². The van der Waals surface area contributed by atoms with Crippen molar-refractivity contribution in [3.63, 3.8) is 0 Å². The first-order valence-corrected chi connectivity index (χ1v) is 11.7. The molecule has 3 rings (SSSR count). The molecule has 12 heteroatoms. The summed E-state index contributed by atoms with van der Waals surface area (Å²) in [6.07, 6.45) is -3.08. The van der Waals surface area contributed by atoms with Crippen molar-refractivity contribution in [1.29, 1.82) is 0 Å². The van der Waals surface area contributed by atoms with Crippen LogP contribution in [0.3, 0.4) is 0 Å². The van der Waals surface area contributed by atoms with E-state index in [9.17, 15) is 34.8 Å². The Morgan fingerprint density at radius 2 is 1.33 bits per heavy atom. The monoisotopic (exact) mass is 462 g/mol. The van der Waals surface area contributed by atoms with E-state index in [-0.39, 0.29) is 15.4 Å². The van der Waals surface area contributed by atoms with E-state index in [1.54, 1.807) is 4.72 Å². The summed E-state index contributed by atoms with van der Waals surface area (Å²) < 4.78 is 90.6. The zero-order chi connectivity index (χ0) is 22.2. The minimum Gasteiger partial charge on any atom is -0.268 e. The molecule has 0 saturated carbocycles. The molecule has 1 amide bonds. The van der Waals surface area contributed by atoms with Crippen LogP contribution in [0.15, 0.2) is 58.3 Å². The lowest BCUT2D eigenvalue weighted by molar-refractivity contribution is -0.137. The van der Waals surface area contributed by atoms with Gasteiger partial charge in [0.15, 0.2) is 0 Å². The van der Waals surface area contributed by atoms with Crippen molar-refractivity contribution in [3.8, 4) is 0 Å². The van der Waals surface area contributed by atoms with Crippen LogP contribution in [0, 0.1) is 0 Å². The molecule has 1 N–H and O–H groups in total. The highest BCUT2D eigenvalue weighted by Crippen LogP contribution is 2.29. The Balaban J connectivity index is 1.76. The molecule has 0 unspecified atom stereocenters. The second kappa shape index (κ2) is 8.00. The third kappa shape index (κ3) is 4.65. The summed E-state index contributed by atoms with van der Waals surface area (Å²) in [7, 11) is -8.08. The third-order valence-corrected chi connectivity index (χ3v) is 7.80. The standard InChI is InChI=1S/C18H17F3N2O5S2/c19-18(20,21)14-5-3-13(4-6-14)17(24)22-29(25,26)15-7-9-16(10-8-15)30(27,28)23-11-1-2-12-23/h3-10H,1-2,11-12H2,(H,22,24). The highest BCUT2D eigenvalue weighted by Gasteiger charge is 2.31. The Labute approximate surface area is 171 Å². The molecular weight excluding hydrogens is 445 g/mol. The van der Waals surface area contributed by atoms with Gasteiger partial charge in [-0.25, -0.2) is 21.6 Å². The fraction of sp³-hybridized carbons (Fsp3) is 0.278. The summed E-state index contributed by atoms with van der Waals surface area (Å²) in [5, 5.41) is 0. The van der Waals surface area contributed by atoms with Gasteiger partial charge in [-0.15, -0.1) is 0 Å². The van der Waals surface area contributed by atoms with Gasteiger partial charge in [-0.05, 0) is 61.4 Å². The van der Waals surface area contributed by atoms with Crippen molar-refractivity contribution in [2.45, 2.75) is 28.8 Å². The molecule has 2 aromatic carbocycles. The molecular formula is C18H17F3N2O5S2. The number of hydrogen-bond acceptors (Lipinski definition) is 5. The summed E-state index contributed by atoms with van der Waals surface area (Å²) in [6.45, 7) is 0.789. The maximum atomic E-state index is 12.6. The number of amides is 1. The van der Waals surface area contributed by atoms with E-state index in [2.05, 4.69) is 0 Å². The van der Waals surface area contributed by atoms with Crippen LogP contribution in [-0.4, -0.2) is 40.1 Å². The normalized spacial score (nSPS) is 15.8. The lowest BCUT2D eigenvalue weighted by Gasteiger charge is -2.15. The van der Waals surface area contributed by atoms with Crippen LogP contribution in [0.4, 0.5) is 13.2 Å². The van der Waals surface area contributed by atoms with Crippen molar-refractivity contribution in [1.82, 2.24) is 9.03 Å². The van der Waals surface area contributed by atoms with E-state index < -0.39 is 37.7 Å². The van der Waals surface area contributed by atoms with Crippen LogP contribution < -0.4 is 4.72 Å². The molecule has 1 aliphatic rings. The number of sulfonamides is 2. The van der Waals surface area contributed by atoms with Crippen LogP contribution in [-0.2, 0) is 26.2 Å². The van der Waals surface area contributed by atoms with Crippen molar-refractivity contribution in [2.24, 2.45) is 0 Å². The Bertz CT molecular complexity index is 1140. The lowest BCUT2D eigenvalue weighted by atomic mass is 10.1. The van der Waals surface area contributed by atoms with Gasteiger partial charge >= 0.3 is 6.18 Å². The minimum atomic E-state index is -4.59. The summed E-state index contributed by atoms with van der Waals surface area (Å²) in [6, 6.07) is 7.41. The third-order valence-electron chi connectivity index (χ3n) is 4.54. The van der Waals surface area contributed by atoms with Gasteiger partial charge in [-0.1, -0.05) is 0 Å². The Morgan fingerprint density at radius 1 is 0.833 bits per heavy atom. The molecule has 30 heavy (non-hydrogen) atoms. The number of hydrogen-bond donors (Lipinski definition) is 1. The fourth-order valence-electron chi connectivity index (χ4n) is 2.92. The molecule has 0 aromatic heterocycles. The van der Waals surface area contributed by atoms with Gasteiger partial charge in [0.05, 0.1) is 15.4 Å². The number of benzene rings is 2. The van der Waals surface area contributed by atoms with Crippen LogP contribution in [0.1, 0.15) is 28.8 Å². The average Bonchev–Trinajstić information content (AvgIpc) is 3.23. The number of carbonyl (C=O) groups is 1. The first kappa shape index (κ1) is 22.2. The van der Waals surface area contributed by atoms with Crippen LogP contribution in [0.25, 0.3) is 0 Å². The van der Waals surface area contributed by atoms with E-state index in [0.29, 0.717) is 25.2 Å². The topological polar surface area (TPSA) is 101 Å². The van der Waals surface area contributed by atoms with Gasteiger partial charge < -0.3 is 0 Å². The first-order chi connectivity index (χ1) is 13.9. The Kier molecular flexibility index (Phi) is 5.94. The Hall–Kier alpha value is -2.44. The first-order valence-electron chi connectivity index (χ1n) is 8.76. The van der Waals surface area contributed by atoms with E-state index >= 15 is 0 Å². The highest BCUT2D eigenvalue weighted by atomic mass is 32.2. The molecule has 0 bridgehead atoms. The Morgan fingerprint density at radius 3 is 1.83 bits per heavy atom. The van der Waals surface area contributed by atoms with E-state index in [1.807, 2.05) is 0 Å². The highest BCUT2D eigenvalue weighted by molar-refractivity contribution is 7.90. The number of rotatable bonds is 5. The van der Waals surface area contributed by atoms with Crippen molar-refractivity contribution >= 4 is 26.0 Å². The number of nitrogens with zero attached hydrogens (tertiary/aromatic N) is 1. The van der Waals surface area contributed by atoms with Gasteiger partial charge in [0.25, 0.3) is 15.9 Å². The predicted octanol–water partition coefficient (Wildman–Crippen LogP) is 2.61. The van der Waals surface area contributed by atoms with Crippen molar-refractivity contribution < 1.29 is 34.8 Å². The molecule has 162 valence electrons. The smallest absolute Gasteiger partial charge is 0.268 e.